The highest BCUT2D eigenvalue weighted by Gasteiger charge is 2.20. The lowest BCUT2D eigenvalue weighted by atomic mass is 10.1. The topological polar surface area (TPSA) is 76.4 Å². The first-order chi connectivity index (χ1) is 13.3. The Morgan fingerprint density at radius 1 is 1.37 bits per heavy atom. The molecule has 0 aliphatic carbocycles. The summed E-state index contributed by atoms with van der Waals surface area (Å²) in [5.74, 6) is 2.87. The number of benzene rings is 1. The highest BCUT2D eigenvalue weighted by Crippen LogP contribution is 2.14. The lowest BCUT2D eigenvalue weighted by molar-refractivity contribution is 0.317. The van der Waals surface area contributed by atoms with Crippen molar-refractivity contribution in [2.45, 2.75) is 52.1 Å². The molecule has 2 heterocycles. The van der Waals surface area contributed by atoms with Gasteiger partial charge in [-0.25, -0.2) is 9.67 Å². The zero-order chi connectivity index (χ0) is 18.9. The second kappa shape index (κ2) is 9.94. The summed E-state index contributed by atoms with van der Waals surface area (Å²) in [5, 5.41) is 11.2. The molecule has 1 aliphatic rings. The Morgan fingerprint density at radius 3 is 3.15 bits per heavy atom. The first-order valence-electron chi connectivity index (χ1n) is 9.91. The molecule has 1 aromatic heterocycles. The van der Waals surface area contributed by atoms with Crippen LogP contribution in [0.25, 0.3) is 0 Å². The molecule has 0 spiro atoms. The molecule has 7 nitrogen and oxygen atoms in total. The average Bonchev–Trinajstić information content (AvgIpc) is 3.15. The van der Waals surface area contributed by atoms with Crippen molar-refractivity contribution < 1.29 is 4.74 Å². The smallest absolute Gasteiger partial charge is 0.191 e. The Labute approximate surface area is 161 Å². The number of hydrogen-bond donors (Lipinski definition) is 2. The highest BCUT2D eigenvalue weighted by molar-refractivity contribution is 5.80. The van der Waals surface area contributed by atoms with Crippen LogP contribution in [0.2, 0.25) is 0 Å². The maximum Gasteiger partial charge on any atom is 0.191 e. The normalized spacial score (nSPS) is 16.7. The van der Waals surface area contributed by atoms with Crippen LogP contribution in [-0.4, -0.2) is 46.5 Å². The maximum atomic E-state index is 5.71. The van der Waals surface area contributed by atoms with Gasteiger partial charge in [-0.05, 0) is 43.9 Å². The van der Waals surface area contributed by atoms with Crippen molar-refractivity contribution in [2.24, 2.45) is 4.99 Å². The molecule has 1 aliphatic heterocycles. The molecule has 3 rings (SSSR count). The van der Waals surface area contributed by atoms with Crippen molar-refractivity contribution >= 4 is 5.96 Å². The van der Waals surface area contributed by atoms with Crippen molar-refractivity contribution in [3.63, 3.8) is 0 Å². The molecule has 146 valence electrons. The standard InChI is InChI=1S/C20H30N6O/c1-3-12-27-18-7-5-6-16(13-18)10-11-22-20(21-4-2)25-17-8-9-19-23-15-24-26(19)14-17/h5-7,13,15,17H,3-4,8-12,14H2,1-2H3,(H2,21,22,25). The Hall–Kier alpha value is -2.57. The van der Waals surface area contributed by atoms with E-state index in [1.165, 1.54) is 5.56 Å². The lowest BCUT2D eigenvalue weighted by Gasteiger charge is -2.25. The van der Waals surface area contributed by atoms with E-state index in [0.29, 0.717) is 6.04 Å². The van der Waals surface area contributed by atoms with E-state index in [0.717, 1.165) is 69.5 Å². The molecule has 1 aromatic carbocycles. The number of hydrogen-bond acceptors (Lipinski definition) is 4. The zero-order valence-corrected chi connectivity index (χ0v) is 16.3. The van der Waals surface area contributed by atoms with Gasteiger partial charge in [-0.1, -0.05) is 19.1 Å². The van der Waals surface area contributed by atoms with E-state index < -0.39 is 0 Å². The second-order valence-corrected chi connectivity index (χ2v) is 6.74. The van der Waals surface area contributed by atoms with Crippen LogP contribution >= 0.6 is 0 Å². The summed E-state index contributed by atoms with van der Waals surface area (Å²) in [6.45, 7) is 7.36. The molecule has 0 saturated heterocycles. The quantitative estimate of drug-likeness (QED) is 0.550. The van der Waals surface area contributed by atoms with E-state index in [1.807, 2.05) is 16.8 Å². The third kappa shape index (κ3) is 5.70. The van der Waals surface area contributed by atoms with Gasteiger partial charge in [0.15, 0.2) is 5.96 Å². The molecule has 0 fully saturated rings. The van der Waals surface area contributed by atoms with E-state index in [9.17, 15) is 0 Å². The van der Waals surface area contributed by atoms with Crippen LogP contribution in [0, 0.1) is 0 Å². The van der Waals surface area contributed by atoms with Gasteiger partial charge in [0.1, 0.15) is 17.9 Å². The number of nitrogens with one attached hydrogen (secondary N) is 2. The van der Waals surface area contributed by atoms with E-state index in [1.54, 1.807) is 6.33 Å². The Kier molecular flexibility index (Phi) is 7.07. The van der Waals surface area contributed by atoms with Gasteiger partial charge < -0.3 is 15.4 Å². The molecule has 0 bridgehead atoms. The fraction of sp³-hybridized carbons (Fsp3) is 0.550. The number of nitrogens with zero attached hydrogens (tertiary/aromatic N) is 4. The third-order valence-electron chi connectivity index (χ3n) is 4.53. The largest absolute Gasteiger partial charge is 0.494 e. The summed E-state index contributed by atoms with van der Waals surface area (Å²) in [6, 6.07) is 8.62. The van der Waals surface area contributed by atoms with Gasteiger partial charge in [0.2, 0.25) is 0 Å². The molecular formula is C20H30N6O. The highest BCUT2D eigenvalue weighted by atomic mass is 16.5. The molecule has 1 atom stereocenters. The van der Waals surface area contributed by atoms with E-state index in [2.05, 4.69) is 46.7 Å². The summed E-state index contributed by atoms with van der Waals surface area (Å²) in [4.78, 5) is 9.03. The van der Waals surface area contributed by atoms with Gasteiger partial charge in [-0.2, -0.15) is 5.10 Å². The summed E-state index contributed by atoms with van der Waals surface area (Å²) in [6.07, 6.45) is 5.53. The molecule has 2 aromatic rings. The van der Waals surface area contributed by atoms with Gasteiger partial charge in [0, 0.05) is 25.6 Å². The molecule has 1 unspecified atom stereocenters. The third-order valence-corrected chi connectivity index (χ3v) is 4.53. The summed E-state index contributed by atoms with van der Waals surface area (Å²) >= 11 is 0. The monoisotopic (exact) mass is 370 g/mol. The molecule has 0 amide bonds. The van der Waals surface area contributed by atoms with E-state index in [4.69, 9.17) is 9.73 Å². The van der Waals surface area contributed by atoms with Crippen LogP contribution in [0.3, 0.4) is 0 Å². The average molecular weight is 371 g/mol. The Bertz CT molecular complexity index is 742. The van der Waals surface area contributed by atoms with Crippen molar-refractivity contribution in [3.8, 4) is 5.75 Å². The van der Waals surface area contributed by atoms with Crippen LogP contribution in [0.4, 0.5) is 0 Å². The fourth-order valence-electron chi connectivity index (χ4n) is 3.18. The second-order valence-electron chi connectivity index (χ2n) is 6.74. The molecular weight excluding hydrogens is 340 g/mol. The van der Waals surface area contributed by atoms with E-state index in [-0.39, 0.29) is 0 Å². The van der Waals surface area contributed by atoms with Gasteiger partial charge in [-0.3, -0.25) is 4.99 Å². The van der Waals surface area contributed by atoms with Crippen LogP contribution < -0.4 is 15.4 Å². The van der Waals surface area contributed by atoms with Gasteiger partial charge in [0.25, 0.3) is 0 Å². The first kappa shape index (κ1) is 19.2. The molecule has 0 saturated carbocycles. The first-order valence-corrected chi connectivity index (χ1v) is 9.91. The van der Waals surface area contributed by atoms with E-state index >= 15 is 0 Å². The predicted molar refractivity (Wildman–Crippen MR) is 107 cm³/mol. The molecule has 0 radical (unpaired) electrons. The number of ether oxygens (including phenoxy) is 1. The summed E-state index contributed by atoms with van der Waals surface area (Å²) in [5.41, 5.74) is 1.24. The van der Waals surface area contributed by atoms with Crippen LogP contribution in [0.1, 0.15) is 38.1 Å². The maximum absolute atomic E-state index is 5.71. The minimum Gasteiger partial charge on any atom is -0.494 e. The van der Waals surface area contributed by atoms with Crippen molar-refractivity contribution in [3.05, 3.63) is 42.0 Å². The molecule has 7 heteroatoms. The Morgan fingerprint density at radius 2 is 2.30 bits per heavy atom. The number of aryl methyl sites for hydroxylation is 1. The number of rotatable bonds is 8. The summed E-state index contributed by atoms with van der Waals surface area (Å²) < 4.78 is 7.69. The van der Waals surface area contributed by atoms with Crippen LogP contribution in [-0.2, 0) is 19.4 Å². The van der Waals surface area contributed by atoms with Crippen molar-refractivity contribution in [1.82, 2.24) is 25.4 Å². The number of guanidine groups is 1. The zero-order valence-electron chi connectivity index (χ0n) is 16.3. The van der Waals surface area contributed by atoms with Crippen LogP contribution in [0.15, 0.2) is 35.6 Å². The van der Waals surface area contributed by atoms with Gasteiger partial charge >= 0.3 is 0 Å². The number of aliphatic imine (C=N–C) groups is 1. The predicted octanol–water partition coefficient (Wildman–Crippen LogP) is 2.18. The SMILES string of the molecule is CCCOc1cccc(CCN=C(NCC)NC2CCc3ncnn3C2)c1. The fourth-order valence-corrected chi connectivity index (χ4v) is 3.18. The van der Waals surface area contributed by atoms with Gasteiger partial charge in [0.05, 0.1) is 13.2 Å². The van der Waals surface area contributed by atoms with Crippen molar-refractivity contribution in [1.29, 1.82) is 0 Å². The minimum absolute atomic E-state index is 0.322. The Balaban J connectivity index is 1.53. The number of fused-ring (bicyclic) bond motifs is 1. The minimum atomic E-state index is 0.322. The molecule has 27 heavy (non-hydrogen) atoms. The molecule has 2 N–H and O–H groups in total. The van der Waals surface area contributed by atoms with Crippen molar-refractivity contribution in [2.75, 3.05) is 19.7 Å². The number of aromatic nitrogens is 3. The summed E-state index contributed by atoms with van der Waals surface area (Å²) in [7, 11) is 0. The lowest BCUT2D eigenvalue weighted by Crippen LogP contribution is -2.47. The van der Waals surface area contributed by atoms with Crippen LogP contribution in [0.5, 0.6) is 5.75 Å². The van der Waals surface area contributed by atoms with Gasteiger partial charge in [-0.15, -0.1) is 0 Å².